The smallest absolute Gasteiger partial charge is 0.274 e. The highest BCUT2D eigenvalue weighted by Crippen LogP contribution is 2.22. The highest BCUT2D eigenvalue weighted by Gasteiger charge is 2.10. The first-order chi connectivity index (χ1) is 8.65. The summed E-state index contributed by atoms with van der Waals surface area (Å²) in [6.45, 7) is 0.673. The molecular formula is C13H15FN2O2. The Morgan fingerprint density at radius 3 is 2.89 bits per heavy atom. The number of halogens is 1. The summed E-state index contributed by atoms with van der Waals surface area (Å²) < 4.78 is 13.2. The lowest BCUT2D eigenvalue weighted by Gasteiger charge is -2.07. The molecule has 0 unspecified atom stereocenters. The van der Waals surface area contributed by atoms with Crippen LogP contribution in [-0.4, -0.2) is 11.5 Å². The monoisotopic (exact) mass is 250 g/mol. The van der Waals surface area contributed by atoms with E-state index in [1.165, 1.54) is 24.1 Å². The molecule has 18 heavy (non-hydrogen) atoms. The number of allylic oxidation sites excluding steroid dienone is 1. The van der Waals surface area contributed by atoms with Crippen molar-refractivity contribution in [3.8, 4) is 0 Å². The molecule has 0 saturated carbocycles. The molecular weight excluding hydrogens is 235 g/mol. The molecule has 2 rings (SSSR count). The summed E-state index contributed by atoms with van der Waals surface area (Å²) in [7, 11) is 0. The van der Waals surface area contributed by atoms with E-state index in [0.29, 0.717) is 12.2 Å². The van der Waals surface area contributed by atoms with Crippen LogP contribution in [0.4, 0.5) is 15.8 Å². The second kappa shape index (κ2) is 5.62. The van der Waals surface area contributed by atoms with Gasteiger partial charge < -0.3 is 5.32 Å². The van der Waals surface area contributed by atoms with Crippen molar-refractivity contribution in [1.82, 2.24) is 0 Å². The van der Waals surface area contributed by atoms with Crippen LogP contribution in [0.25, 0.3) is 0 Å². The van der Waals surface area contributed by atoms with Crippen molar-refractivity contribution in [2.24, 2.45) is 0 Å². The zero-order valence-electron chi connectivity index (χ0n) is 9.99. The second-order valence-corrected chi connectivity index (χ2v) is 4.39. The van der Waals surface area contributed by atoms with Crippen LogP contribution in [0, 0.1) is 15.9 Å². The highest BCUT2D eigenvalue weighted by atomic mass is 19.1. The largest absolute Gasteiger partial charge is 0.384 e. The molecule has 1 aromatic carbocycles. The average Bonchev–Trinajstić information content (AvgIpc) is 2.81. The van der Waals surface area contributed by atoms with Gasteiger partial charge in [-0.15, -0.1) is 0 Å². The number of hydrogen-bond donors (Lipinski definition) is 1. The highest BCUT2D eigenvalue weighted by molar-refractivity contribution is 5.51. The fourth-order valence-electron chi connectivity index (χ4n) is 2.11. The molecule has 0 heterocycles. The van der Waals surface area contributed by atoms with Crippen molar-refractivity contribution < 1.29 is 9.31 Å². The van der Waals surface area contributed by atoms with Crippen molar-refractivity contribution in [3.63, 3.8) is 0 Å². The molecule has 0 bridgehead atoms. The number of nitro benzene ring substituents is 1. The zero-order valence-corrected chi connectivity index (χ0v) is 9.99. The molecule has 0 amide bonds. The fraction of sp³-hybridized carbons (Fsp3) is 0.385. The SMILES string of the molecule is O=[N+]([O-])c1cc(F)cc(NCCC2=CCCC2)c1. The predicted octanol–water partition coefficient (Wildman–Crippen LogP) is 3.65. The Kier molecular flexibility index (Phi) is 3.92. The number of nitrogens with one attached hydrogen (secondary N) is 1. The van der Waals surface area contributed by atoms with E-state index in [1.54, 1.807) is 0 Å². The van der Waals surface area contributed by atoms with Crippen LogP contribution in [0.2, 0.25) is 0 Å². The summed E-state index contributed by atoms with van der Waals surface area (Å²) in [6, 6.07) is 3.55. The van der Waals surface area contributed by atoms with Gasteiger partial charge in [0.15, 0.2) is 0 Å². The first-order valence-electron chi connectivity index (χ1n) is 6.02. The van der Waals surface area contributed by atoms with Crippen molar-refractivity contribution in [1.29, 1.82) is 0 Å². The van der Waals surface area contributed by atoms with Gasteiger partial charge in [0.05, 0.1) is 11.0 Å². The van der Waals surface area contributed by atoms with E-state index >= 15 is 0 Å². The summed E-state index contributed by atoms with van der Waals surface area (Å²) in [4.78, 5) is 10.0. The van der Waals surface area contributed by atoms with Gasteiger partial charge in [-0.1, -0.05) is 11.6 Å². The van der Waals surface area contributed by atoms with Crippen LogP contribution in [0.5, 0.6) is 0 Å². The number of non-ortho nitro benzene ring substituents is 1. The summed E-state index contributed by atoms with van der Waals surface area (Å²) in [6.07, 6.45) is 6.62. The Morgan fingerprint density at radius 2 is 2.22 bits per heavy atom. The van der Waals surface area contributed by atoms with Gasteiger partial charge >= 0.3 is 0 Å². The minimum atomic E-state index is -0.591. The first-order valence-corrected chi connectivity index (χ1v) is 6.02. The number of anilines is 1. The van der Waals surface area contributed by atoms with Gasteiger partial charge in [0.2, 0.25) is 0 Å². The van der Waals surface area contributed by atoms with E-state index in [4.69, 9.17) is 0 Å². The van der Waals surface area contributed by atoms with Crippen molar-refractivity contribution in [2.45, 2.75) is 25.7 Å². The van der Waals surface area contributed by atoms with Crippen LogP contribution in [-0.2, 0) is 0 Å². The predicted molar refractivity (Wildman–Crippen MR) is 68.1 cm³/mol. The average molecular weight is 250 g/mol. The van der Waals surface area contributed by atoms with E-state index in [9.17, 15) is 14.5 Å². The van der Waals surface area contributed by atoms with Gasteiger partial charge in [0, 0.05) is 18.3 Å². The van der Waals surface area contributed by atoms with Gasteiger partial charge in [-0.3, -0.25) is 10.1 Å². The van der Waals surface area contributed by atoms with Crippen LogP contribution in [0.3, 0.4) is 0 Å². The molecule has 1 N–H and O–H groups in total. The van der Waals surface area contributed by atoms with Crippen LogP contribution >= 0.6 is 0 Å². The van der Waals surface area contributed by atoms with Crippen molar-refractivity contribution in [2.75, 3.05) is 11.9 Å². The Balaban J connectivity index is 1.94. The van der Waals surface area contributed by atoms with Gasteiger partial charge in [-0.25, -0.2) is 4.39 Å². The van der Waals surface area contributed by atoms with E-state index in [1.807, 2.05) is 0 Å². The number of benzene rings is 1. The van der Waals surface area contributed by atoms with Gasteiger partial charge in [0.1, 0.15) is 5.82 Å². The van der Waals surface area contributed by atoms with E-state index in [2.05, 4.69) is 11.4 Å². The van der Waals surface area contributed by atoms with E-state index in [-0.39, 0.29) is 5.69 Å². The lowest BCUT2D eigenvalue weighted by atomic mass is 10.1. The first kappa shape index (κ1) is 12.5. The second-order valence-electron chi connectivity index (χ2n) is 4.39. The maximum atomic E-state index is 13.2. The molecule has 0 saturated heterocycles. The van der Waals surface area contributed by atoms with Gasteiger partial charge in [-0.05, 0) is 31.7 Å². The summed E-state index contributed by atoms with van der Waals surface area (Å²) >= 11 is 0. The minimum absolute atomic E-state index is 0.224. The molecule has 0 spiro atoms. The molecule has 0 aromatic heterocycles. The van der Waals surface area contributed by atoms with Gasteiger partial charge in [0.25, 0.3) is 5.69 Å². The normalized spacial score (nSPS) is 14.4. The Labute approximate surface area is 105 Å². The number of rotatable bonds is 5. The standard InChI is InChI=1S/C13H15FN2O2/c14-11-7-12(9-13(8-11)16(17)18)15-6-5-10-3-1-2-4-10/h3,7-9,15H,1-2,4-6H2. The fourth-order valence-corrected chi connectivity index (χ4v) is 2.11. The van der Waals surface area contributed by atoms with Crippen molar-refractivity contribution >= 4 is 11.4 Å². The summed E-state index contributed by atoms with van der Waals surface area (Å²) in [5.74, 6) is -0.591. The molecule has 1 aliphatic rings. The summed E-state index contributed by atoms with van der Waals surface area (Å²) in [5, 5.41) is 13.6. The molecule has 0 aliphatic heterocycles. The lowest BCUT2D eigenvalue weighted by molar-refractivity contribution is -0.385. The third-order valence-corrected chi connectivity index (χ3v) is 3.00. The molecule has 0 atom stereocenters. The maximum Gasteiger partial charge on any atom is 0.274 e. The molecule has 0 fully saturated rings. The summed E-state index contributed by atoms with van der Waals surface area (Å²) in [5.41, 5.74) is 1.64. The van der Waals surface area contributed by atoms with Crippen LogP contribution in [0.15, 0.2) is 29.8 Å². The van der Waals surface area contributed by atoms with Crippen molar-refractivity contribution in [3.05, 3.63) is 45.8 Å². The Hall–Kier alpha value is -1.91. The molecule has 4 nitrogen and oxygen atoms in total. The van der Waals surface area contributed by atoms with Crippen LogP contribution in [0.1, 0.15) is 25.7 Å². The van der Waals surface area contributed by atoms with Crippen LogP contribution < -0.4 is 5.32 Å². The lowest BCUT2D eigenvalue weighted by Crippen LogP contribution is -2.03. The van der Waals surface area contributed by atoms with E-state index in [0.717, 1.165) is 25.3 Å². The number of hydrogen-bond acceptors (Lipinski definition) is 3. The van der Waals surface area contributed by atoms with Gasteiger partial charge in [-0.2, -0.15) is 0 Å². The number of nitrogens with zero attached hydrogens (tertiary/aromatic N) is 1. The molecule has 96 valence electrons. The quantitative estimate of drug-likeness (QED) is 0.493. The molecule has 1 aromatic rings. The molecule has 5 heteroatoms. The zero-order chi connectivity index (χ0) is 13.0. The molecule has 0 radical (unpaired) electrons. The topological polar surface area (TPSA) is 55.2 Å². The third-order valence-electron chi connectivity index (χ3n) is 3.00. The third kappa shape index (κ3) is 3.29. The molecule has 1 aliphatic carbocycles. The Morgan fingerprint density at radius 1 is 1.39 bits per heavy atom. The maximum absolute atomic E-state index is 13.2. The van der Waals surface area contributed by atoms with E-state index < -0.39 is 10.7 Å². The Bertz CT molecular complexity index is 486. The minimum Gasteiger partial charge on any atom is -0.384 e. The number of nitro groups is 1.